The van der Waals surface area contributed by atoms with E-state index in [0.29, 0.717) is 38.2 Å². The summed E-state index contributed by atoms with van der Waals surface area (Å²) < 4.78 is 12.6. The maximum absolute atomic E-state index is 12.6. The number of nitriles is 1. The predicted octanol–water partition coefficient (Wildman–Crippen LogP) is 6.75. The number of amides is 1. The number of nitrogens with one attached hydrogen (secondary N) is 1. The molecule has 0 bridgehead atoms. The highest BCUT2D eigenvalue weighted by Gasteiger charge is 2.24. The van der Waals surface area contributed by atoms with Crippen molar-refractivity contribution in [2.45, 2.75) is 26.9 Å². The van der Waals surface area contributed by atoms with Gasteiger partial charge >= 0.3 is 0 Å². The lowest BCUT2D eigenvalue weighted by Crippen LogP contribution is -2.19. The molecule has 0 unspecified atom stereocenters. The molecule has 1 fully saturated rings. The smallest absolute Gasteiger partial charge is 0.264 e. The Morgan fingerprint density at radius 1 is 1.11 bits per heavy atom. The number of aryl methyl sites for hydroxylation is 1. The van der Waals surface area contributed by atoms with E-state index < -0.39 is 0 Å². The van der Waals surface area contributed by atoms with Crippen molar-refractivity contribution in [3.8, 4) is 17.6 Å². The second-order valence-electron chi connectivity index (χ2n) is 7.82. The first-order chi connectivity index (χ1) is 17.5. The van der Waals surface area contributed by atoms with Gasteiger partial charge in [0.2, 0.25) is 0 Å². The van der Waals surface area contributed by atoms with E-state index in [1.54, 1.807) is 12.1 Å². The highest BCUT2D eigenvalue weighted by Crippen LogP contribution is 2.39. The van der Waals surface area contributed by atoms with E-state index >= 15 is 0 Å². The van der Waals surface area contributed by atoms with Gasteiger partial charge in [0.25, 0.3) is 5.91 Å². The first kappa shape index (κ1) is 25.5. The molecule has 4 rings (SSSR count). The van der Waals surface area contributed by atoms with Crippen molar-refractivity contribution >= 4 is 50.5 Å². The second kappa shape index (κ2) is 11.9. The van der Waals surface area contributed by atoms with Crippen molar-refractivity contribution in [1.82, 2.24) is 5.32 Å². The van der Waals surface area contributed by atoms with Crippen LogP contribution in [0, 0.1) is 11.3 Å². The quantitative estimate of drug-likeness (QED) is 0.307. The summed E-state index contributed by atoms with van der Waals surface area (Å²) in [6, 6.07) is 21.2. The number of carbonyl (C=O) groups excluding carboxylic acids is 1. The zero-order valence-corrected chi connectivity index (χ0v) is 22.3. The molecule has 36 heavy (non-hydrogen) atoms. The summed E-state index contributed by atoms with van der Waals surface area (Å²) >= 11 is 4.87. The number of carbonyl (C=O) groups is 1. The molecule has 3 aromatic rings. The highest BCUT2D eigenvalue weighted by atomic mass is 79.9. The average molecular weight is 562 g/mol. The average Bonchev–Trinajstić information content (AvgIpc) is 3.22. The van der Waals surface area contributed by atoms with Gasteiger partial charge < -0.3 is 14.8 Å². The number of hydrogen-bond donors (Lipinski definition) is 1. The van der Waals surface area contributed by atoms with Gasteiger partial charge in [0, 0.05) is 5.56 Å². The van der Waals surface area contributed by atoms with E-state index in [9.17, 15) is 10.1 Å². The highest BCUT2D eigenvalue weighted by molar-refractivity contribution is 9.10. The molecule has 6 nitrogen and oxygen atoms in total. The van der Waals surface area contributed by atoms with Crippen molar-refractivity contribution in [1.29, 1.82) is 5.26 Å². The van der Waals surface area contributed by atoms with Crippen LogP contribution in [0.15, 0.2) is 75.0 Å². The number of aliphatic imine (C=N–C) groups is 1. The molecule has 0 saturated carbocycles. The van der Waals surface area contributed by atoms with Gasteiger partial charge in [-0.25, -0.2) is 4.99 Å². The minimum Gasteiger partial charge on any atom is -0.490 e. The number of ether oxygens (including phenoxy) is 2. The van der Waals surface area contributed by atoms with Crippen LogP contribution in [0.3, 0.4) is 0 Å². The molecule has 0 atom stereocenters. The van der Waals surface area contributed by atoms with Crippen LogP contribution >= 0.6 is 27.7 Å². The van der Waals surface area contributed by atoms with Gasteiger partial charge in [-0.2, -0.15) is 5.26 Å². The van der Waals surface area contributed by atoms with Crippen LogP contribution < -0.4 is 14.8 Å². The van der Waals surface area contributed by atoms with Crippen molar-refractivity contribution < 1.29 is 14.3 Å². The molecule has 0 radical (unpaired) electrons. The Morgan fingerprint density at radius 2 is 1.89 bits per heavy atom. The van der Waals surface area contributed by atoms with Crippen LogP contribution in [0.2, 0.25) is 0 Å². The van der Waals surface area contributed by atoms with Crippen LogP contribution in [-0.2, 0) is 17.8 Å². The molecule has 0 aliphatic carbocycles. The molecule has 182 valence electrons. The monoisotopic (exact) mass is 561 g/mol. The van der Waals surface area contributed by atoms with E-state index in [-0.39, 0.29) is 12.5 Å². The predicted molar refractivity (Wildman–Crippen MR) is 147 cm³/mol. The zero-order chi connectivity index (χ0) is 25.5. The van der Waals surface area contributed by atoms with E-state index in [0.717, 1.165) is 23.2 Å². The molecule has 0 spiro atoms. The number of thioether (sulfide) groups is 1. The Hall–Kier alpha value is -3.54. The van der Waals surface area contributed by atoms with Crippen LogP contribution in [0.1, 0.15) is 36.1 Å². The fraction of sp³-hybridized carbons (Fsp3) is 0.179. The van der Waals surface area contributed by atoms with Crippen molar-refractivity contribution in [2.75, 3.05) is 6.61 Å². The van der Waals surface area contributed by atoms with Gasteiger partial charge in [-0.1, -0.05) is 37.3 Å². The van der Waals surface area contributed by atoms with E-state index in [1.165, 1.54) is 17.3 Å². The van der Waals surface area contributed by atoms with Crippen molar-refractivity contribution in [2.24, 2.45) is 4.99 Å². The van der Waals surface area contributed by atoms with E-state index in [4.69, 9.17) is 9.47 Å². The third-order valence-electron chi connectivity index (χ3n) is 5.37. The fourth-order valence-electron chi connectivity index (χ4n) is 3.53. The molecule has 1 aliphatic rings. The second-order valence-corrected chi connectivity index (χ2v) is 9.71. The molecule has 0 aromatic heterocycles. The number of benzene rings is 3. The summed E-state index contributed by atoms with van der Waals surface area (Å²) in [5.41, 5.74) is 4.16. The van der Waals surface area contributed by atoms with Crippen molar-refractivity contribution in [3.05, 3.63) is 92.3 Å². The molecule has 3 aromatic carbocycles. The number of hydrogen-bond acceptors (Lipinski definition) is 6. The molecule has 1 aliphatic heterocycles. The normalized spacial score (nSPS) is 15.1. The maximum Gasteiger partial charge on any atom is 0.264 e. The van der Waals surface area contributed by atoms with Gasteiger partial charge in [0.15, 0.2) is 16.7 Å². The number of rotatable bonds is 8. The van der Waals surface area contributed by atoms with Crippen LogP contribution in [0.4, 0.5) is 5.69 Å². The standard InChI is InChI=1S/C28H24BrN3O3S/c1-3-18-9-11-22(12-10-18)31-28-32-27(33)25(36-28)15-19-13-23(29)26(24(14-19)34-4-2)35-17-21-8-6-5-7-20(21)16-30/h5-15H,3-4,17H2,1-2H3,(H,31,32,33)/b25-15+. The lowest BCUT2D eigenvalue weighted by molar-refractivity contribution is -0.115. The van der Waals surface area contributed by atoms with Gasteiger partial charge in [-0.15, -0.1) is 0 Å². The summed E-state index contributed by atoms with van der Waals surface area (Å²) in [7, 11) is 0. The Morgan fingerprint density at radius 3 is 2.61 bits per heavy atom. The Bertz CT molecular complexity index is 1380. The number of halogens is 1. The molecule has 8 heteroatoms. The molecule has 1 saturated heterocycles. The van der Waals surface area contributed by atoms with Gasteiger partial charge in [-0.05, 0) is 88.6 Å². The number of nitrogens with zero attached hydrogens (tertiary/aromatic N) is 2. The lowest BCUT2D eigenvalue weighted by Gasteiger charge is -2.15. The Kier molecular flexibility index (Phi) is 8.47. The SMILES string of the molecule is CCOc1cc(/C=C2/SC(=Nc3ccc(CC)cc3)NC2=O)cc(Br)c1OCc1ccccc1C#N. The molecule has 1 N–H and O–H groups in total. The fourth-order valence-corrected chi connectivity index (χ4v) is 4.95. The summed E-state index contributed by atoms with van der Waals surface area (Å²) in [5.74, 6) is 0.876. The van der Waals surface area contributed by atoms with Crippen molar-refractivity contribution in [3.63, 3.8) is 0 Å². The Balaban J connectivity index is 1.55. The largest absolute Gasteiger partial charge is 0.490 e. The first-order valence-corrected chi connectivity index (χ1v) is 13.1. The number of amidine groups is 1. The third-order valence-corrected chi connectivity index (χ3v) is 6.86. The molecular weight excluding hydrogens is 538 g/mol. The van der Waals surface area contributed by atoms with E-state index in [1.807, 2.05) is 61.5 Å². The maximum atomic E-state index is 12.6. The first-order valence-electron chi connectivity index (χ1n) is 11.5. The van der Waals surface area contributed by atoms with Crippen LogP contribution in [0.25, 0.3) is 6.08 Å². The minimum atomic E-state index is -0.202. The van der Waals surface area contributed by atoms with Gasteiger partial charge in [0.05, 0.1) is 33.3 Å². The van der Waals surface area contributed by atoms with Crippen LogP contribution in [0.5, 0.6) is 11.5 Å². The zero-order valence-electron chi connectivity index (χ0n) is 19.9. The molecule has 1 amide bonds. The minimum absolute atomic E-state index is 0.202. The molecule has 1 heterocycles. The third kappa shape index (κ3) is 6.17. The van der Waals surface area contributed by atoms with Gasteiger partial charge in [0.1, 0.15) is 6.61 Å². The summed E-state index contributed by atoms with van der Waals surface area (Å²) in [6.07, 6.45) is 2.76. The Labute approximate surface area is 223 Å². The molecular formula is C28H24BrN3O3S. The van der Waals surface area contributed by atoms with Gasteiger partial charge in [-0.3, -0.25) is 4.79 Å². The van der Waals surface area contributed by atoms with E-state index in [2.05, 4.69) is 39.2 Å². The summed E-state index contributed by atoms with van der Waals surface area (Å²) in [5, 5.41) is 12.7. The topological polar surface area (TPSA) is 83.7 Å². The summed E-state index contributed by atoms with van der Waals surface area (Å²) in [6.45, 7) is 4.66. The lowest BCUT2D eigenvalue weighted by atomic mass is 10.1. The summed E-state index contributed by atoms with van der Waals surface area (Å²) in [4.78, 5) is 17.7. The van der Waals surface area contributed by atoms with Crippen LogP contribution in [-0.4, -0.2) is 17.7 Å².